The summed E-state index contributed by atoms with van der Waals surface area (Å²) in [5.41, 5.74) is 8.50. The fourth-order valence-electron chi connectivity index (χ4n) is 3.67. The van der Waals surface area contributed by atoms with E-state index in [-0.39, 0.29) is 23.3 Å². The van der Waals surface area contributed by atoms with Crippen LogP contribution in [-0.2, 0) is 0 Å². The van der Waals surface area contributed by atoms with E-state index >= 15 is 0 Å². The van der Waals surface area contributed by atoms with Gasteiger partial charge < -0.3 is 20.9 Å². The van der Waals surface area contributed by atoms with Crippen LogP contribution in [0.2, 0.25) is 0 Å². The van der Waals surface area contributed by atoms with Crippen LogP contribution in [0.4, 0.5) is 5.82 Å². The highest BCUT2D eigenvalue weighted by Crippen LogP contribution is 2.40. The number of anilines is 1. The number of rotatable bonds is 4. The molecule has 0 spiro atoms. The van der Waals surface area contributed by atoms with Crippen LogP contribution >= 0.6 is 0 Å². The van der Waals surface area contributed by atoms with Crippen molar-refractivity contribution in [3.63, 3.8) is 0 Å². The first kappa shape index (κ1) is 19.7. The molecular weight excluding hydrogens is 378 g/mol. The lowest BCUT2D eigenvalue weighted by Gasteiger charge is -2.24. The topological polar surface area (TPSA) is 117 Å². The number of phenols is 1. The quantitative estimate of drug-likeness (QED) is 0.607. The molecule has 1 fully saturated rings. The van der Waals surface area contributed by atoms with Crippen LogP contribution < -0.4 is 15.8 Å². The Morgan fingerprint density at radius 3 is 2.70 bits per heavy atom. The van der Waals surface area contributed by atoms with Gasteiger partial charge in [-0.2, -0.15) is 5.26 Å². The third-order valence-electron chi connectivity index (χ3n) is 5.24. The predicted octanol–water partition coefficient (Wildman–Crippen LogP) is 3.87. The molecule has 152 valence electrons. The fraction of sp³-hybridized carbons (Fsp3) is 0.261. The number of piperidine rings is 1. The van der Waals surface area contributed by atoms with Crippen LogP contribution in [0.3, 0.4) is 0 Å². The molecule has 30 heavy (non-hydrogen) atoms. The van der Waals surface area contributed by atoms with Gasteiger partial charge in [0.05, 0.1) is 5.69 Å². The van der Waals surface area contributed by atoms with Crippen LogP contribution in [0, 0.1) is 18.3 Å². The molecule has 0 radical (unpaired) electrons. The fourth-order valence-corrected chi connectivity index (χ4v) is 3.67. The van der Waals surface area contributed by atoms with Crippen molar-refractivity contribution >= 4 is 5.82 Å². The zero-order chi connectivity index (χ0) is 21.1. The van der Waals surface area contributed by atoms with Gasteiger partial charge in [-0.15, -0.1) is 0 Å². The molecule has 1 aliphatic rings. The first-order valence-corrected chi connectivity index (χ1v) is 9.92. The van der Waals surface area contributed by atoms with Gasteiger partial charge in [0, 0.05) is 12.5 Å². The maximum Gasteiger partial charge on any atom is 0.169 e. The van der Waals surface area contributed by atoms with E-state index in [1.54, 1.807) is 18.2 Å². The number of phenolic OH excluding ortho intramolecular Hbond substituents is 1. The van der Waals surface area contributed by atoms with Crippen LogP contribution in [0.15, 0.2) is 42.5 Å². The molecule has 3 aromatic rings. The van der Waals surface area contributed by atoms with Crippen molar-refractivity contribution in [3.8, 4) is 34.7 Å². The van der Waals surface area contributed by atoms with Crippen molar-refractivity contribution in [2.75, 3.05) is 18.8 Å². The van der Waals surface area contributed by atoms with E-state index < -0.39 is 0 Å². The van der Waals surface area contributed by atoms with Gasteiger partial charge in [-0.3, -0.25) is 0 Å². The molecule has 1 unspecified atom stereocenters. The third kappa shape index (κ3) is 3.91. The Kier molecular flexibility index (Phi) is 5.50. The van der Waals surface area contributed by atoms with E-state index in [1.165, 1.54) is 0 Å². The maximum absolute atomic E-state index is 10.6. The van der Waals surface area contributed by atoms with E-state index in [0.717, 1.165) is 31.5 Å². The number of nitrogens with zero attached hydrogens (tertiary/aromatic N) is 3. The summed E-state index contributed by atoms with van der Waals surface area (Å²) in [7, 11) is 0. The maximum atomic E-state index is 10.6. The van der Waals surface area contributed by atoms with Crippen LogP contribution in [0.5, 0.6) is 17.2 Å². The van der Waals surface area contributed by atoms with Crippen molar-refractivity contribution in [2.45, 2.75) is 25.7 Å². The molecule has 1 aliphatic heterocycles. The Balaban J connectivity index is 1.81. The minimum atomic E-state index is -0.0172. The van der Waals surface area contributed by atoms with E-state index in [1.807, 2.05) is 31.2 Å². The highest BCUT2D eigenvalue weighted by atomic mass is 16.5. The van der Waals surface area contributed by atoms with Crippen LogP contribution in [-0.4, -0.2) is 28.2 Å². The molecule has 0 bridgehead atoms. The molecule has 2 heterocycles. The Morgan fingerprint density at radius 2 is 2.00 bits per heavy atom. The molecule has 7 nitrogen and oxygen atoms in total. The first-order chi connectivity index (χ1) is 14.6. The van der Waals surface area contributed by atoms with Gasteiger partial charge >= 0.3 is 0 Å². The highest BCUT2D eigenvalue weighted by molar-refractivity contribution is 5.73. The molecular formula is C23H23N5O2. The smallest absolute Gasteiger partial charge is 0.169 e. The number of benzene rings is 2. The summed E-state index contributed by atoms with van der Waals surface area (Å²) in [5, 5.41) is 23.6. The van der Waals surface area contributed by atoms with Crippen molar-refractivity contribution in [1.29, 1.82) is 5.26 Å². The number of hydrogen-bond acceptors (Lipinski definition) is 7. The lowest BCUT2D eigenvalue weighted by molar-refractivity contribution is 0.451. The number of nitrogens with one attached hydrogen (secondary N) is 1. The molecule has 0 aliphatic carbocycles. The van der Waals surface area contributed by atoms with Gasteiger partial charge in [-0.25, -0.2) is 9.97 Å². The molecule has 1 aromatic heterocycles. The number of aryl methyl sites for hydroxylation is 1. The Morgan fingerprint density at radius 1 is 1.20 bits per heavy atom. The summed E-state index contributed by atoms with van der Waals surface area (Å²) >= 11 is 0. The number of ether oxygens (including phenoxy) is 1. The van der Waals surface area contributed by atoms with Gasteiger partial charge in [-0.1, -0.05) is 23.8 Å². The second-order valence-electron chi connectivity index (χ2n) is 7.41. The molecule has 1 saturated heterocycles. The summed E-state index contributed by atoms with van der Waals surface area (Å²) in [5.74, 6) is 1.43. The summed E-state index contributed by atoms with van der Waals surface area (Å²) < 4.78 is 6.02. The number of nitrogen functional groups attached to an aromatic ring is 1. The summed E-state index contributed by atoms with van der Waals surface area (Å²) in [6.45, 7) is 3.66. The van der Waals surface area contributed by atoms with Crippen molar-refractivity contribution in [3.05, 3.63) is 59.3 Å². The molecule has 0 saturated carbocycles. The second kappa shape index (κ2) is 8.39. The highest BCUT2D eigenvalue weighted by Gasteiger charge is 2.25. The Labute approximate surface area is 175 Å². The van der Waals surface area contributed by atoms with Crippen molar-refractivity contribution in [1.82, 2.24) is 15.3 Å². The first-order valence-electron chi connectivity index (χ1n) is 9.92. The van der Waals surface area contributed by atoms with Gasteiger partial charge in [0.25, 0.3) is 0 Å². The lowest BCUT2D eigenvalue weighted by atomic mass is 9.93. The minimum absolute atomic E-state index is 0.0172. The largest absolute Gasteiger partial charge is 0.507 e. The normalized spacial score (nSPS) is 16.1. The standard InChI is InChI=1S/C23H23N5O2/c1-14-7-9-16(10-8-14)30-19-6-2-5-18(29)20(19)23-27-21(15-4-3-11-26-13-15)17(12-24)22(25)28-23/h2,5-10,15,26,29H,3-4,11,13H2,1H3,(H2,25,27,28). The van der Waals surface area contributed by atoms with E-state index in [9.17, 15) is 10.4 Å². The van der Waals surface area contributed by atoms with Crippen LogP contribution in [0.25, 0.3) is 11.4 Å². The molecule has 2 aromatic carbocycles. The van der Waals surface area contributed by atoms with Crippen molar-refractivity contribution in [2.24, 2.45) is 0 Å². The molecule has 4 N–H and O–H groups in total. The number of hydrogen-bond donors (Lipinski definition) is 3. The number of nitrogens with two attached hydrogens (primary N) is 1. The number of nitriles is 1. The van der Waals surface area contributed by atoms with E-state index in [4.69, 9.17) is 10.5 Å². The number of aromatic nitrogens is 2. The number of aromatic hydroxyl groups is 1. The zero-order valence-electron chi connectivity index (χ0n) is 16.7. The van der Waals surface area contributed by atoms with Gasteiger partial charge in [0.1, 0.15) is 40.3 Å². The average molecular weight is 401 g/mol. The molecule has 0 amide bonds. The van der Waals surface area contributed by atoms with Gasteiger partial charge in [0.2, 0.25) is 0 Å². The Hall–Kier alpha value is -3.63. The summed E-state index contributed by atoms with van der Waals surface area (Å²) in [4.78, 5) is 9.01. The van der Waals surface area contributed by atoms with Crippen molar-refractivity contribution < 1.29 is 9.84 Å². The second-order valence-corrected chi connectivity index (χ2v) is 7.41. The SMILES string of the molecule is Cc1ccc(Oc2cccc(O)c2-c2nc(N)c(C#N)c(C3CCCNC3)n2)cc1. The average Bonchev–Trinajstić information content (AvgIpc) is 2.75. The van der Waals surface area contributed by atoms with Crippen LogP contribution in [0.1, 0.15) is 35.6 Å². The summed E-state index contributed by atoms with van der Waals surface area (Å²) in [6, 6.07) is 14.7. The van der Waals surface area contributed by atoms with Gasteiger partial charge in [-0.05, 0) is 50.6 Å². The van der Waals surface area contributed by atoms with Gasteiger partial charge in [0.15, 0.2) is 5.82 Å². The molecule has 4 rings (SSSR count). The lowest BCUT2D eigenvalue weighted by Crippen LogP contribution is -2.29. The summed E-state index contributed by atoms with van der Waals surface area (Å²) in [6.07, 6.45) is 1.90. The zero-order valence-corrected chi connectivity index (χ0v) is 16.7. The van der Waals surface area contributed by atoms with E-state index in [0.29, 0.717) is 28.3 Å². The molecule has 1 atom stereocenters. The third-order valence-corrected chi connectivity index (χ3v) is 5.24. The molecule has 7 heteroatoms. The minimum Gasteiger partial charge on any atom is -0.507 e. The monoisotopic (exact) mass is 401 g/mol. The predicted molar refractivity (Wildman–Crippen MR) is 114 cm³/mol. The Bertz CT molecular complexity index is 1100. The van der Waals surface area contributed by atoms with E-state index in [2.05, 4.69) is 21.4 Å².